The third-order valence-electron chi connectivity index (χ3n) is 7.17. The highest BCUT2D eigenvalue weighted by molar-refractivity contribution is 6.07. The molecule has 2 aromatic carbocycles. The maximum absolute atomic E-state index is 13.8. The highest BCUT2D eigenvalue weighted by Crippen LogP contribution is 2.23. The maximum atomic E-state index is 13.8. The summed E-state index contributed by atoms with van der Waals surface area (Å²) in [7, 11) is 1.92. The number of rotatable bonds is 1. The van der Waals surface area contributed by atoms with Crippen LogP contribution in [0.5, 0.6) is 5.75 Å². The van der Waals surface area contributed by atoms with Crippen LogP contribution in [0.4, 0.5) is 0 Å². The van der Waals surface area contributed by atoms with Crippen LogP contribution < -0.4 is 15.4 Å². The molecule has 1 aliphatic heterocycles. The first-order valence-corrected chi connectivity index (χ1v) is 13.8. The van der Waals surface area contributed by atoms with Gasteiger partial charge in [-0.15, -0.1) is 5.10 Å². The molecule has 5 rings (SSSR count). The first-order chi connectivity index (χ1) is 19.8. The molecule has 2 bridgehead atoms. The van der Waals surface area contributed by atoms with Crippen LogP contribution in [0.25, 0.3) is 10.9 Å². The number of nitrogens with zero attached hydrogens (tertiary/aromatic N) is 5. The van der Waals surface area contributed by atoms with Gasteiger partial charge in [0.1, 0.15) is 17.5 Å². The Labute approximate surface area is 238 Å². The van der Waals surface area contributed by atoms with E-state index < -0.39 is 6.04 Å². The third-order valence-corrected chi connectivity index (χ3v) is 7.17. The van der Waals surface area contributed by atoms with Crippen molar-refractivity contribution in [2.75, 3.05) is 19.7 Å². The number of amides is 3. The van der Waals surface area contributed by atoms with Gasteiger partial charge in [-0.3, -0.25) is 19.1 Å². The van der Waals surface area contributed by atoms with E-state index in [1.807, 2.05) is 67.3 Å². The predicted octanol–water partition coefficient (Wildman–Crippen LogP) is 2.83. The zero-order chi connectivity index (χ0) is 28.9. The van der Waals surface area contributed by atoms with E-state index in [9.17, 15) is 14.4 Å². The second-order valence-electron chi connectivity index (χ2n) is 10.4. The number of hydrogen-bond acceptors (Lipinski definition) is 6. The van der Waals surface area contributed by atoms with Crippen molar-refractivity contribution in [2.45, 2.75) is 45.8 Å². The summed E-state index contributed by atoms with van der Waals surface area (Å²) in [4.78, 5) is 41.3. The lowest BCUT2D eigenvalue weighted by Crippen LogP contribution is -2.45. The standard InChI is InChI=1S/C30H35N7O4/c1-20-10-11-24-27(16-20)41-15-7-14-37-18-22(33-34-37)17-36(13-6-12-31-28(38)21(2)32-29(24)39)30(40)25-19-35(3)26-9-5-4-8-23(25)26/h4-5,8-11,16,18-19,21H,6-7,12-15,17H2,1-3H3,(H,31,38)(H,32,39)/t21-/m1/s1. The van der Waals surface area contributed by atoms with Gasteiger partial charge in [-0.2, -0.15) is 0 Å². The number of nitrogens with one attached hydrogen (secondary N) is 2. The molecule has 0 spiro atoms. The topological polar surface area (TPSA) is 123 Å². The van der Waals surface area contributed by atoms with Gasteiger partial charge in [-0.05, 0) is 44.0 Å². The van der Waals surface area contributed by atoms with E-state index in [0.717, 1.165) is 16.5 Å². The van der Waals surface area contributed by atoms with Crippen LogP contribution in [0.3, 0.4) is 0 Å². The summed E-state index contributed by atoms with van der Waals surface area (Å²) in [6, 6.07) is 12.4. The number of fused-ring (bicyclic) bond motifs is 4. The van der Waals surface area contributed by atoms with Crippen LogP contribution in [0.1, 0.15) is 51.7 Å². The number of carbonyl (C=O) groups excluding carboxylic acids is 3. The smallest absolute Gasteiger partial charge is 0.256 e. The fourth-order valence-corrected chi connectivity index (χ4v) is 4.97. The van der Waals surface area contributed by atoms with Gasteiger partial charge in [0.2, 0.25) is 5.91 Å². The molecule has 4 aromatic rings. The summed E-state index contributed by atoms with van der Waals surface area (Å²) in [6.45, 7) is 5.51. The Kier molecular flexibility index (Phi) is 8.32. The minimum atomic E-state index is -0.749. The molecular weight excluding hydrogens is 522 g/mol. The van der Waals surface area contributed by atoms with Crippen molar-refractivity contribution in [1.29, 1.82) is 0 Å². The van der Waals surface area contributed by atoms with Crippen molar-refractivity contribution >= 4 is 28.6 Å². The number of hydrogen-bond donors (Lipinski definition) is 2. The number of carbonyl (C=O) groups is 3. The highest BCUT2D eigenvalue weighted by atomic mass is 16.5. The van der Waals surface area contributed by atoms with E-state index in [2.05, 4.69) is 20.9 Å². The van der Waals surface area contributed by atoms with Crippen LogP contribution >= 0.6 is 0 Å². The second kappa shape index (κ2) is 12.2. The molecule has 3 amide bonds. The van der Waals surface area contributed by atoms with E-state index in [1.165, 1.54) is 0 Å². The number of para-hydroxylation sites is 1. The maximum Gasteiger partial charge on any atom is 0.256 e. The summed E-state index contributed by atoms with van der Waals surface area (Å²) in [6.07, 6.45) is 4.85. The van der Waals surface area contributed by atoms with Crippen LogP contribution in [0, 0.1) is 6.92 Å². The monoisotopic (exact) mass is 557 g/mol. The second-order valence-corrected chi connectivity index (χ2v) is 10.4. The summed E-state index contributed by atoms with van der Waals surface area (Å²) in [5.41, 5.74) is 3.59. The van der Waals surface area contributed by atoms with E-state index >= 15 is 0 Å². The van der Waals surface area contributed by atoms with Gasteiger partial charge < -0.3 is 24.8 Å². The van der Waals surface area contributed by atoms with Crippen molar-refractivity contribution < 1.29 is 19.1 Å². The first-order valence-electron chi connectivity index (χ1n) is 13.8. The molecule has 1 aliphatic rings. The molecule has 214 valence electrons. The fourth-order valence-electron chi connectivity index (χ4n) is 4.97. The highest BCUT2D eigenvalue weighted by Gasteiger charge is 2.23. The number of aromatic nitrogens is 4. The average Bonchev–Trinajstić information content (AvgIpc) is 3.55. The SMILES string of the molecule is Cc1ccc2c(c1)OCCCn1cc(nn1)CN(C(=O)c1cn(C)c3ccccc13)CCCNC(=O)[C@@H](C)NC2=O. The van der Waals surface area contributed by atoms with Crippen LogP contribution in [-0.4, -0.2) is 67.9 Å². The van der Waals surface area contributed by atoms with Crippen LogP contribution in [0.15, 0.2) is 54.9 Å². The molecule has 11 nitrogen and oxygen atoms in total. The van der Waals surface area contributed by atoms with Gasteiger partial charge in [0.15, 0.2) is 0 Å². The quantitative estimate of drug-likeness (QED) is 0.371. The third kappa shape index (κ3) is 6.40. The van der Waals surface area contributed by atoms with E-state index in [-0.39, 0.29) is 24.3 Å². The lowest BCUT2D eigenvalue weighted by Gasteiger charge is -2.22. The van der Waals surface area contributed by atoms with Gasteiger partial charge in [-0.1, -0.05) is 29.5 Å². The lowest BCUT2D eigenvalue weighted by molar-refractivity contribution is -0.122. The molecule has 11 heteroatoms. The van der Waals surface area contributed by atoms with E-state index in [4.69, 9.17) is 4.74 Å². The predicted molar refractivity (Wildman–Crippen MR) is 154 cm³/mol. The molecule has 0 fully saturated rings. The lowest BCUT2D eigenvalue weighted by atomic mass is 10.1. The number of ether oxygens (including phenoxy) is 1. The normalized spacial score (nSPS) is 17.4. The first kappa shape index (κ1) is 27.9. The van der Waals surface area contributed by atoms with Gasteiger partial charge in [0.25, 0.3) is 11.8 Å². The molecule has 0 saturated carbocycles. The molecule has 1 atom stereocenters. The van der Waals surface area contributed by atoms with E-state index in [0.29, 0.717) is 61.7 Å². The summed E-state index contributed by atoms with van der Waals surface area (Å²) < 4.78 is 9.65. The molecule has 3 heterocycles. The van der Waals surface area contributed by atoms with Gasteiger partial charge in [0.05, 0.1) is 30.5 Å². The number of aryl methyl sites for hydroxylation is 3. The molecule has 0 aliphatic carbocycles. The molecule has 2 N–H and O–H groups in total. The summed E-state index contributed by atoms with van der Waals surface area (Å²) in [5.74, 6) is -0.334. The molecular formula is C30H35N7O4. The largest absolute Gasteiger partial charge is 0.493 e. The van der Waals surface area contributed by atoms with Gasteiger partial charge in [-0.25, -0.2) is 0 Å². The van der Waals surface area contributed by atoms with Crippen LogP contribution in [-0.2, 0) is 24.9 Å². The molecule has 0 radical (unpaired) electrons. The van der Waals surface area contributed by atoms with Crippen LogP contribution in [0.2, 0.25) is 0 Å². The Balaban J connectivity index is 1.37. The molecule has 41 heavy (non-hydrogen) atoms. The zero-order valence-corrected chi connectivity index (χ0v) is 23.6. The average molecular weight is 558 g/mol. The Morgan fingerprint density at radius 3 is 2.76 bits per heavy atom. The van der Waals surface area contributed by atoms with Crippen molar-refractivity contribution in [3.05, 3.63) is 77.2 Å². The molecule has 0 unspecified atom stereocenters. The van der Waals surface area contributed by atoms with Crippen molar-refractivity contribution in [1.82, 2.24) is 35.1 Å². The summed E-state index contributed by atoms with van der Waals surface area (Å²) in [5, 5.41) is 15.1. The van der Waals surface area contributed by atoms with Crippen molar-refractivity contribution in [3.8, 4) is 5.75 Å². The molecule has 2 aromatic heterocycles. The Morgan fingerprint density at radius 1 is 1.07 bits per heavy atom. The van der Waals surface area contributed by atoms with E-state index in [1.54, 1.807) is 22.6 Å². The Bertz CT molecular complexity index is 1570. The minimum Gasteiger partial charge on any atom is -0.493 e. The number of benzene rings is 2. The van der Waals surface area contributed by atoms with Crippen molar-refractivity contribution in [2.24, 2.45) is 7.05 Å². The molecule has 0 saturated heterocycles. The Morgan fingerprint density at radius 2 is 1.90 bits per heavy atom. The minimum absolute atomic E-state index is 0.115. The van der Waals surface area contributed by atoms with Gasteiger partial charge >= 0.3 is 0 Å². The Hall–Kier alpha value is -4.67. The van der Waals surface area contributed by atoms with Crippen molar-refractivity contribution in [3.63, 3.8) is 0 Å². The zero-order valence-electron chi connectivity index (χ0n) is 23.6. The fraction of sp³-hybridized carbons (Fsp3) is 0.367. The summed E-state index contributed by atoms with van der Waals surface area (Å²) >= 11 is 0. The van der Waals surface area contributed by atoms with Gasteiger partial charge in [0, 0.05) is 50.2 Å².